The van der Waals surface area contributed by atoms with Crippen molar-refractivity contribution in [3.05, 3.63) is 0 Å². The van der Waals surface area contributed by atoms with Crippen molar-refractivity contribution in [1.29, 1.82) is 0 Å². The second-order valence-electron chi connectivity index (χ2n) is 6.52. The Morgan fingerprint density at radius 3 is 2.35 bits per heavy atom. The maximum atomic E-state index is 11.6. The summed E-state index contributed by atoms with van der Waals surface area (Å²) in [6.45, 7) is 5.49. The Balaban J connectivity index is 2.43. The molecular formula is C15H29NO4. The van der Waals surface area contributed by atoms with Gasteiger partial charge in [0.25, 0.3) is 0 Å². The molecule has 1 rings (SSSR count). The van der Waals surface area contributed by atoms with Gasteiger partial charge >= 0.3 is 6.09 Å². The van der Waals surface area contributed by atoms with Crippen LogP contribution in [0.15, 0.2) is 0 Å². The summed E-state index contributed by atoms with van der Waals surface area (Å²) in [6, 6.07) is 0. The third-order valence-corrected chi connectivity index (χ3v) is 3.53. The maximum absolute atomic E-state index is 11.6. The van der Waals surface area contributed by atoms with Crippen LogP contribution in [-0.2, 0) is 9.57 Å². The number of hydrogen-bond donors (Lipinski definition) is 2. The summed E-state index contributed by atoms with van der Waals surface area (Å²) in [5.74, 6) is 0.402. The Kier molecular flexibility index (Phi) is 7.30. The lowest BCUT2D eigenvalue weighted by molar-refractivity contribution is -0.0730. The Bertz CT molecular complexity index is 280. The fraction of sp³-hybridized carbons (Fsp3) is 0.933. The SMILES string of the molecule is CC(C)(C)OC(=O)NOC(CCO)C1CCCCCC1. The van der Waals surface area contributed by atoms with Gasteiger partial charge in [-0.3, -0.25) is 4.84 Å². The van der Waals surface area contributed by atoms with E-state index >= 15 is 0 Å². The molecule has 5 heteroatoms. The molecule has 0 bridgehead atoms. The summed E-state index contributed by atoms with van der Waals surface area (Å²) in [5.41, 5.74) is 1.83. The molecule has 0 aromatic heterocycles. The number of hydrogen-bond acceptors (Lipinski definition) is 4. The van der Waals surface area contributed by atoms with E-state index in [9.17, 15) is 4.79 Å². The van der Waals surface area contributed by atoms with Gasteiger partial charge in [0.05, 0.1) is 6.10 Å². The number of rotatable bonds is 5. The largest absolute Gasteiger partial charge is 0.442 e. The fourth-order valence-electron chi connectivity index (χ4n) is 2.62. The van der Waals surface area contributed by atoms with Gasteiger partial charge in [0.15, 0.2) is 0 Å². The van der Waals surface area contributed by atoms with Crippen LogP contribution in [0.1, 0.15) is 65.7 Å². The maximum Gasteiger partial charge on any atom is 0.431 e. The van der Waals surface area contributed by atoms with Gasteiger partial charge in [-0.1, -0.05) is 25.7 Å². The first-order valence-corrected chi connectivity index (χ1v) is 7.68. The summed E-state index contributed by atoms with van der Waals surface area (Å²) in [4.78, 5) is 17.1. The molecule has 118 valence electrons. The second kappa shape index (κ2) is 8.47. The molecule has 1 aliphatic rings. The third kappa shape index (κ3) is 7.10. The molecular weight excluding hydrogens is 258 g/mol. The highest BCUT2D eigenvalue weighted by Gasteiger charge is 2.25. The number of carbonyl (C=O) groups is 1. The van der Waals surface area contributed by atoms with Gasteiger partial charge in [-0.25, -0.2) is 4.79 Å². The van der Waals surface area contributed by atoms with E-state index < -0.39 is 11.7 Å². The van der Waals surface area contributed by atoms with Crippen LogP contribution in [-0.4, -0.2) is 29.5 Å². The lowest BCUT2D eigenvalue weighted by Gasteiger charge is -2.26. The highest BCUT2D eigenvalue weighted by Crippen LogP contribution is 2.28. The van der Waals surface area contributed by atoms with Crippen molar-refractivity contribution in [2.75, 3.05) is 6.61 Å². The summed E-state index contributed by atoms with van der Waals surface area (Å²) >= 11 is 0. The summed E-state index contributed by atoms with van der Waals surface area (Å²) in [7, 11) is 0. The molecule has 20 heavy (non-hydrogen) atoms. The van der Waals surface area contributed by atoms with Crippen molar-refractivity contribution in [2.45, 2.75) is 77.4 Å². The first-order valence-electron chi connectivity index (χ1n) is 7.68. The van der Waals surface area contributed by atoms with Crippen LogP contribution in [0.3, 0.4) is 0 Å². The number of carbonyl (C=O) groups excluding carboxylic acids is 1. The first-order chi connectivity index (χ1) is 9.42. The van der Waals surface area contributed by atoms with Gasteiger partial charge < -0.3 is 9.84 Å². The minimum Gasteiger partial charge on any atom is -0.442 e. The molecule has 0 heterocycles. The minimum atomic E-state index is -0.575. The van der Waals surface area contributed by atoms with Crippen molar-refractivity contribution in [3.63, 3.8) is 0 Å². The highest BCUT2D eigenvalue weighted by atomic mass is 16.7. The normalized spacial score (nSPS) is 19.2. The van der Waals surface area contributed by atoms with E-state index in [0.717, 1.165) is 12.8 Å². The van der Waals surface area contributed by atoms with Gasteiger partial charge in [-0.2, -0.15) is 5.48 Å². The molecule has 0 aliphatic heterocycles. The van der Waals surface area contributed by atoms with E-state index in [0.29, 0.717) is 12.3 Å². The molecule has 1 fully saturated rings. The summed E-state index contributed by atoms with van der Waals surface area (Å²) < 4.78 is 5.14. The number of nitrogens with one attached hydrogen (secondary N) is 1. The molecule has 0 radical (unpaired) electrons. The molecule has 1 saturated carbocycles. The van der Waals surface area contributed by atoms with Crippen LogP contribution < -0.4 is 5.48 Å². The predicted molar refractivity (Wildman–Crippen MR) is 77.1 cm³/mol. The van der Waals surface area contributed by atoms with E-state index in [1.807, 2.05) is 20.8 Å². The average Bonchev–Trinajstić information content (AvgIpc) is 2.61. The summed E-state index contributed by atoms with van der Waals surface area (Å²) in [5, 5.41) is 9.17. The Morgan fingerprint density at radius 1 is 1.25 bits per heavy atom. The van der Waals surface area contributed by atoms with Crippen molar-refractivity contribution in [2.24, 2.45) is 5.92 Å². The molecule has 0 saturated heterocycles. The van der Waals surface area contributed by atoms with Crippen LogP contribution in [0.25, 0.3) is 0 Å². The van der Waals surface area contributed by atoms with Crippen LogP contribution in [0.5, 0.6) is 0 Å². The quantitative estimate of drug-likeness (QED) is 0.602. The zero-order valence-corrected chi connectivity index (χ0v) is 13.0. The van der Waals surface area contributed by atoms with E-state index in [-0.39, 0.29) is 12.7 Å². The van der Waals surface area contributed by atoms with Crippen LogP contribution in [0.4, 0.5) is 4.79 Å². The van der Waals surface area contributed by atoms with Crippen molar-refractivity contribution < 1.29 is 19.5 Å². The number of aliphatic hydroxyl groups excluding tert-OH is 1. The van der Waals surface area contributed by atoms with Gasteiger partial charge in [0.1, 0.15) is 5.60 Å². The van der Waals surface area contributed by atoms with Gasteiger partial charge in [-0.05, 0) is 46.0 Å². The Morgan fingerprint density at radius 2 is 1.85 bits per heavy atom. The van der Waals surface area contributed by atoms with E-state index in [4.69, 9.17) is 14.7 Å². The Labute approximate surface area is 122 Å². The minimum absolute atomic E-state index is 0.0666. The van der Waals surface area contributed by atoms with Crippen molar-refractivity contribution >= 4 is 6.09 Å². The van der Waals surface area contributed by atoms with E-state index in [1.54, 1.807) is 0 Å². The van der Waals surface area contributed by atoms with Crippen molar-refractivity contribution in [3.8, 4) is 0 Å². The lowest BCUT2D eigenvalue weighted by atomic mass is 9.92. The van der Waals surface area contributed by atoms with E-state index in [1.165, 1.54) is 25.7 Å². The molecule has 1 unspecified atom stereocenters. The van der Waals surface area contributed by atoms with Gasteiger partial charge in [-0.15, -0.1) is 0 Å². The van der Waals surface area contributed by atoms with Gasteiger partial charge in [0, 0.05) is 6.61 Å². The Hall–Kier alpha value is -0.810. The number of aliphatic hydroxyl groups is 1. The van der Waals surface area contributed by atoms with Gasteiger partial charge in [0.2, 0.25) is 0 Å². The molecule has 1 amide bonds. The fourth-order valence-corrected chi connectivity index (χ4v) is 2.62. The third-order valence-electron chi connectivity index (χ3n) is 3.53. The zero-order valence-electron chi connectivity index (χ0n) is 13.0. The summed E-state index contributed by atoms with van der Waals surface area (Å²) in [6.07, 6.45) is 6.95. The topological polar surface area (TPSA) is 67.8 Å². The predicted octanol–water partition coefficient (Wildman–Crippen LogP) is 3.16. The standard InChI is InChI=1S/C15H29NO4/c1-15(2,3)19-14(18)16-20-13(10-11-17)12-8-6-4-5-7-9-12/h12-13,17H,4-11H2,1-3H3,(H,16,18). The van der Waals surface area contributed by atoms with Crippen LogP contribution in [0, 0.1) is 5.92 Å². The monoisotopic (exact) mass is 287 g/mol. The first kappa shape index (κ1) is 17.2. The second-order valence-corrected chi connectivity index (χ2v) is 6.52. The highest BCUT2D eigenvalue weighted by molar-refractivity contribution is 5.66. The van der Waals surface area contributed by atoms with Crippen LogP contribution in [0.2, 0.25) is 0 Å². The lowest BCUT2D eigenvalue weighted by Crippen LogP contribution is -2.38. The molecule has 1 atom stereocenters. The number of amides is 1. The average molecular weight is 287 g/mol. The molecule has 5 nitrogen and oxygen atoms in total. The number of hydroxylamine groups is 1. The molecule has 2 N–H and O–H groups in total. The zero-order chi connectivity index (χ0) is 15.0. The number of ether oxygens (including phenoxy) is 1. The molecule has 0 aromatic rings. The molecule has 1 aliphatic carbocycles. The smallest absolute Gasteiger partial charge is 0.431 e. The molecule has 0 aromatic carbocycles. The van der Waals surface area contributed by atoms with E-state index in [2.05, 4.69) is 5.48 Å². The van der Waals surface area contributed by atoms with Crippen molar-refractivity contribution in [1.82, 2.24) is 5.48 Å². The van der Waals surface area contributed by atoms with Crippen LogP contribution >= 0.6 is 0 Å². The molecule has 0 spiro atoms.